The van der Waals surface area contributed by atoms with Crippen LogP contribution in [-0.4, -0.2) is 45.4 Å². The van der Waals surface area contributed by atoms with Crippen molar-refractivity contribution < 1.29 is 35.7 Å². The van der Waals surface area contributed by atoms with Crippen molar-refractivity contribution in [2.24, 2.45) is 0 Å². The summed E-state index contributed by atoms with van der Waals surface area (Å²) in [7, 11) is -9.03. The molecule has 3 rings (SSSR count). The quantitative estimate of drug-likeness (QED) is 0.293. The van der Waals surface area contributed by atoms with Gasteiger partial charge in [0.1, 0.15) is 21.3 Å². The van der Waals surface area contributed by atoms with Crippen LogP contribution in [0.1, 0.15) is 24.5 Å². The first-order valence-corrected chi connectivity index (χ1v) is 13.9. The van der Waals surface area contributed by atoms with Gasteiger partial charge in [0.25, 0.3) is 0 Å². The van der Waals surface area contributed by atoms with Gasteiger partial charge in [0.15, 0.2) is 0 Å². The molecular formula is C25H27NO8S2. The van der Waals surface area contributed by atoms with Crippen LogP contribution < -0.4 is 4.18 Å². The van der Waals surface area contributed by atoms with E-state index >= 15 is 0 Å². The molecule has 0 spiro atoms. The Kier molecular flexibility index (Phi) is 8.72. The molecule has 0 radical (unpaired) electrons. The summed E-state index contributed by atoms with van der Waals surface area (Å²) in [6, 6.07) is 17.7. The molecule has 0 saturated heterocycles. The van der Waals surface area contributed by atoms with E-state index in [1.165, 1.54) is 30.3 Å². The molecule has 0 heterocycles. The predicted molar refractivity (Wildman–Crippen MR) is 132 cm³/mol. The van der Waals surface area contributed by atoms with Gasteiger partial charge in [0.05, 0.1) is 13.0 Å². The maximum absolute atomic E-state index is 13.7. The Morgan fingerprint density at radius 1 is 0.917 bits per heavy atom. The number of esters is 1. The molecule has 0 aromatic heterocycles. The molecule has 9 nitrogen and oxygen atoms in total. The molecule has 0 unspecified atom stereocenters. The number of aryl methyl sites for hydroxylation is 1. The highest BCUT2D eigenvalue weighted by Gasteiger charge is 2.33. The molecule has 0 aliphatic heterocycles. The van der Waals surface area contributed by atoms with Crippen LogP contribution in [0.3, 0.4) is 0 Å². The van der Waals surface area contributed by atoms with Crippen LogP contribution in [-0.2, 0) is 36.2 Å². The first-order chi connectivity index (χ1) is 17.0. The monoisotopic (exact) mass is 533 g/mol. The van der Waals surface area contributed by atoms with E-state index in [0.717, 1.165) is 16.4 Å². The van der Waals surface area contributed by atoms with Crippen molar-refractivity contribution >= 4 is 26.1 Å². The molecule has 3 aromatic carbocycles. The first kappa shape index (κ1) is 27.2. The van der Waals surface area contributed by atoms with Crippen LogP contribution in [0.25, 0.3) is 0 Å². The fourth-order valence-electron chi connectivity index (χ4n) is 3.48. The fourth-order valence-corrected chi connectivity index (χ4v) is 6.60. The maximum Gasteiger partial charge on any atom is 0.340 e. The van der Waals surface area contributed by atoms with Gasteiger partial charge in [-0.05, 0) is 49.2 Å². The lowest BCUT2D eigenvalue weighted by atomic mass is 10.2. The van der Waals surface area contributed by atoms with Crippen molar-refractivity contribution in [2.45, 2.75) is 36.6 Å². The fraction of sp³-hybridized carbons (Fsp3) is 0.240. The number of rotatable bonds is 11. The number of carbonyl (C=O) groups is 1. The summed E-state index contributed by atoms with van der Waals surface area (Å²) < 4.78 is 65.0. The Labute approximate surface area is 211 Å². The first-order valence-electron chi connectivity index (χ1n) is 11.1. The molecule has 192 valence electrons. The van der Waals surface area contributed by atoms with Crippen LogP contribution in [0, 0.1) is 6.92 Å². The Bertz CT molecular complexity index is 1400. The second-order valence-corrected chi connectivity index (χ2v) is 11.3. The van der Waals surface area contributed by atoms with Crippen molar-refractivity contribution in [1.82, 2.24) is 4.31 Å². The molecule has 0 fully saturated rings. The maximum atomic E-state index is 13.7. The third-order valence-corrected chi connectivity index (χ3v) is 8.39. The highest BCUT2D eigenvalue weighted by molar-refractivity contribution is 7.91. The third-order valence-electron chi connectivity index (χ3n) is 5.05. The molecular weight excluding hydrogens is 506 g/mol. The van der Waals surface area contributed by atoms with Gasteiger partial charge in [-0.1, -0.05) is 42.5 Å². The number of hydrogen-bond donors (Lipinski definition) is 1. The number of benzene rings is 3. The smallest absolute Gasteiger partial charge is 0.340 e. The van der Waals surface area contributed by atoms with Crippen molar-refractivity contribution in [3.05, 3.63) is 83.9 Å². The van der Waals surface area contributed by atoms with E-state index in [1.54, 1.807) is 44.2 Å². The zero-order valence-electron chi connectivity index (χ0n) is 19.8. The summed E-state index contributed by atoms with van der Waals surface area (Å²) in [5, 5.41) is 9.79. The highest BCUT2D eigenvalue weighted by Crippen LogP contribution is 2.30. The molecule has 3 aromatic rings. The molecule has 0 amide bonds. The second kappa shape index (κ2) is 11.5. The lowest BCUT2D eigenvalue weighted by Crippen LogP contribution is -2.34. The number of aromatic hydroxyl groups is 1. The van der Waals surface area contributed by atoms with E-state index in [2.05, 4.69) is 0 Å². The molecule has 1 N–H and O–H groups in total. The standard InChI is InChI=1S/C25H27NO8S2/c1-3-33-25(28)13-14-26(18-20-9-5-4-6-10-20)35(29,30)23-11-7-8-12-24(23)36(31,32)34-22-16-19(2)15-21(27)17-22/h4-12,15-17,27H,3,13-14,18H2,1-2H3. The molecule has 11 heteroatoms. The normalized spacial score (nSPS) is 11.9. The summed E-state index contributed by atoms with van der Waals surface area (Å²) in [5.74, 6) is -0.938. The molecule has 0 bridgehead atoms. The Morgan fingerprint density at radius 2 is 1.56 bits per heavy atom. The number of phenols is 1. The van der Waals surface area contributed by atoms with Gasteiger partial charge < -0.3 is 14.0 Å². The van der Waals surface area contributed by atoms with Crippen molar-refractivity contribution in [1.29, 1.82) is 0 Å². The molecule has 36 heavy (non-hydrogen) atoms. The van der Waals surface area contributed by atoms with Crippen molar-refractivity contribution in [3.8, 4) is 11.5 Å². The van der Waals surface area contributed by atoms with E-state index in [0.29, 0.717) is 11.1 Å². The summed E-state index contributed by atoms with van der Waals surface area (Å²) in [4.78, 5) is 10.9. The zero-order valence-corrected chi connectivity index (χ0v) is 21.5. The van der Waals surface area contributed by atoms with Gasteiger partial charge in [-0.15, -0.1) is 0 Å². The minimum atomic E-state index is -4.62. The van der Waals surface area contributed by atoms with E-state index < -0.39 is 35.9 Å². The van der Waals surface area contributed by atoms with Crippen LogP contribution in [0.15, 0.2) is 82.6 Å². The lowest BCUT2D eigenvalue weighted by molar-refractivity contribution is -0.143. The molecule has 0 aliphatic rings. The summed E-state index contributed by atoms with van der Waals surface area (Å²) in [5.41, 5.74) is 1.20. The van der Waals surface area contributed by atoms with Crippen LogP contribution in [0.4, 0.5) is 0 Å². The number of nitrogens with zero attached hydrogens (tertiary/aromatic N) is 1. The Hall–Kier alpha value is -3.41. The van der Waals surface area contributed by atoms with Crippen LogP contribution >= 0.6 is 0 Å². The highest BCUT2D eigenvalue weighted by atomic mass is 32.2. The largest absolute Gasteiger partial charge is 0.508 e. The third kappa shape index (κ3) is 6.84. The minimum Gasteiger partial charge on any atom is -0.508 e. The van der Waals surface area contributed by atoms with E-state index in [4.69, 9.17) is 8.92 Å². The summed E-state index contributed by atoms with van der Waals surface area (Å²) in [6.07, 6.45) is -0.214. The number of phenolic OH excluding ortho intramolecular Hbond substituents is 1. The minimum absolute atomic E-state index is 0.0937. The van der Waals surface area contributed by atoms with Crippen LogP contribution in [0.5, 0.6) is 11.5 Å². The number of carbonyl (C=O) groups excluding carboxylic acids is 1. The lowest BCUT2D eigenvalue weighted by Gasteiger charge is -2.23. The number of hydrogen-bond acceptors (Lipinski definition) is 8. The Balaban J connectivity index is 2.01. The second-order valence-electron chi connectivity index (χ2n) is 7.87. The average molecular weight is 534 g/mol. The number of sulfonamides is 1. The summed E-state index contributed by atoms with van der Waals surface area (Å²) in [6.45, 7) is 3.12. The average Bonchev–Trinajstić information content (AvgIpc) is 2.81. The topological polar surface area (TPSA) is 127 Å². The summed E-state index contributed by atoms with van der Waals surface area (Å²) >= 11 is 0. The zero-order chi connectivity index (χ0) is 26.3. The van der Waals surface area contributed by atoms with Gasteiger partial charge in [-0.3, -0.25) is 4.79 Å². The number of ether oxygens (including phenoxy) is 1. The molecule has 0 atom stereocenters. The van der Waals surface area contributed by atoms with E-state index in [-0.39, 0.29) is 37.6 Å². The Morgan fingerprint density at radius 3 is 2.19 bits per heavy atom. The van der Waals surface area contributed by atoms with E-state index in [9.17, 15) is 26.7 Å². The van der Waals surface area contributed by atoms with Gasteiger partial charge in [0, 0.05) is 19.2 Å². The predicted octanol–water partition coefficient (Wildman–Crippen LogP) is 3.61. The molecule has 0 saturated carbocycles. The van der Waals surface area contributed by atoms with Gasteiger partial charge in [0.2, 0.25) is 10.0 Å². The van der Waals surface area contributed by atoms with Crippen molar-refractivity contribution in [2.75, 3.05) is 13.2 Å². The van der Waals surface area contributed by atoms with Gasteiger partial charge in [-0.2, -0.15) is 12.7 Å². The van der Waals surface area contributed by atoms with Crippen molar-refractivity contribution in [3.63, 3.8) is 0 Å². The molecule has 0 aliphatic carbocycles. The van der Waals surface area contributed by atoms with Gasteiger partial charge >= 0.3 is 16.1 Å². The van der Waals surface area contributed by atoms with Crippen LogP contribution in [0.2, 0.25) is 0 Å². The SMILES string of the molecule is CCOC(=O)CCN(Cc1ccccc1)S(=O)(=O)c1ccccc1S(=O)(=O)Oc1cc(C)cc(O)c1. The van der Waals surface area contributed by atoms with E-state index in [1.807, 2.05) is 0 Å². The van der Waals surface area contributed by atoms with Gasteiger partial charge in [-0.25, -0.2) is 8.42 Å².